The van der Waals surface area contributed by atoms with Crippen molar-refractivity contribution in [3.8, 4) is 11.5 Å². The van der Waals surface area contributed by atoms with Crippen LogP contribution in [0.5, 0.6) is 11.5 Å². The van der Waals surface area contributed by atoms with Crippen molar-refractivity contribution in [2.45, 2.75) is 90.3 Å². The van der Waals surface area contributed by atoms with Gasteiger partial charge in [-0.1, -0.05) is 19.9 Å². The van der Waals surface area contributed by atoms with Gasteiger partial charge in [-0.25, -0.2) is 0 Å². The number of hydrogen-bond donors (Lipinski definition) is 5. The standard InChI is InChI=1S/C37H54N6O8/c1-25(2)22-29-36(48)42-35(26(3)44)37(49)40-16-5-6-20-43(34(47)13-10-27-14-18-38-19-15-27)21-7-17-39-33(46)24-51-30-11-8-28(23-31(30)50-4)9-12-32(45)41-29/h8,11,14-15,18-19,23,25-26,29,35,44H,5-7,9-10,12-13,16-17,20-22,24H2,1-4H3,(H,39,46)(H,40,49)(H,41,45)(H,42,48)/t26-,29-,35+/m1/s1. The highest BCUT2D eigenvalue weighted by atomic mass is 16.5. The Labute approximate surface area is 300 Å². The first-order valence-electron chi connectivity index (χ1n) is 17.7. The largest absolute Gasteiger partial charge is 0.493 e. The smallest absolute Gasteiger partial charge is 0.257 e. The van der Waals surface area contributed by atoms with Crippen molar-refractivity contribution in [1.82, 2.24) is 31.2 Å². The van der Waals surface area contributed by atoms with Crippen molar-refractivity contribution in [1.29, 1.82) is 0 Å². The number of carbonyl (C=O) groups excluding carboxylic acids is 5. The second-order valence-corrected chi connectivity index (χ2v) is 13.2. The maximum absolute atomic E-state index is 13.3. The lowest BCUT2D eigenvalue weighted by molar-refractivity contribution is -0.134. The molecule has 3 heterocycles. The fourth-order valence-electron chi connectivity index (χ4n) is 5.63. The first kappa shape index (κ1) is 40.7. The van der Waals surface area contributed by atoms with Crippen LogP contribution in [0.25, 0.3) is 0 Å². The van der Waals surface area contributed by atoms with Crippen LogP contribution >= 0.6 is 0 Å². The van der Waals surface area contributed by atoms with Gasteiger partial charge in [0.25, 0.3) is 5.91 Å². The van der Waals surface area contributed by atoms with Crippen LogP contribution < -0.4 is 30.7 Å². The van der Waals surface area contributed by atoms with Gasteiger partial charge in [0, 0.05) is 51.4 Å². The summed E-state index contributed by atoms with van der Waals surface area (Å²) in [7, 11) is 1.48. The fraction of sp³-hybridized carbons (Fsp3) is 0.568. The van der Waals surface area contributed by atoms with Gasteiger partial charge in [-0.15, -0.1) is 0 Å². The van der Waals surface area contributed by atoms with Gasteiger partial charge in [0.2, 0.25) is 23.6 Å². The zero-order chi connectivity index (χ0) is 37.2. The van der Waals surface area contributed by atoms with Gasteiger partial charge in [0.05, 0.1) is 13.2 Å². The predicted octanol–water partition coefficient (Wildman–Crippen LogP) is 1.68. The molecular formula is C37H54N6O8. The predicted molar refractivity (Wildman–Crippen MR) is 191 cm³/mol. The molecule has 4 rings (SSSR count). The van der Waals surface area contributed by atoms with E-state index < -0.39 is 30.0 Å². The number of pyridine rings is 1. The highest BCUT2D eigenvalue weighted by Gasteiger charge is 2.30. The Balaban J connectivity index is 1.75. The summed E-state index contributed by atoms with van der Waals surface area (Å²) in [5.74, 6) is -0.960. The summed E-state index contributed by atoms with van der Waals surface area (Å²) in [4.78, 5) is 71.0. The Morgan fingerprint density at radius 1 is 0.941 bits per heavy atom. The van der Waals surface area contributed by atoms with Crippen LogP contribution in [0.1, 0.15) is 70.4 Å². The van der Waals surface area contributed by atoms with Gasteiger partial charge in [-0.2, -0.15) is 0 Å². The van der Waals surface area contributed by atoms with E-state index in [0.29, 0.717) is 76.1 Å². The van der Waals surface area contributed by atoms with Gasteiger partial charge in [0.15, 0.2) is 18.1 Å². The highest BCUT2D eigenvalue weighted by molar-refractivity contribution is 5.92. The van der Waals surface area contributed by atoms with E-state index >= 15 is 0 Å². The molecule has 2 bridgehead atoms. The molecule has 5 amide bonds. The van der Waals surface area contributed by atoms with E-state index in [4.69, 9.17) is 9.47 Å². The molecule has 2 aliphatic heterocycles. The quantitative estimate of drug-likeness (QED) is 0.267. The monoisotopic (exact) mass is 710 g/mol. The number of aromatic nitrogens is 1. The highest BCUT2D eigenvalue weighted by Crippen LogP contribution is 2.28. The Kier molecular flexibility index (Phi) is 17.2. The molecule has 3 atom stereocenters. The molecule has 14 nitrogen and oxygen atoms in total. The third-order valence-corrected chi connectivity index (χ3v) is 8.46. The molecule has 1 aromatic carbocycles. The molecule has 0 aliphatic carbocycles. The molecule has 5 N–H and O–H groups in total. The number of aryl methyl sites for hydroxylation is 2. The first-order valence-corrected chi connectivity index (χ1v) is 17.7. The van der Waals surface area contributed by atoms with E-state index in [1.165, 1.54) is 14.0 Å². The average Bonchev–Trinajstić information content (AvgIpc) is 3.11. The summed E-state index contributed by atoms with van der Waals surface area (Å²) in [6, 6.07) is 6.79. The van der Waals surface area contributed by atoms with Crippen molar-refractivity contribution in [3.63, 3.8) is 0 Å². The number of amides is 5. The third kappa shape index (κ3) is 14.6. The van der Waals surface area contributed by atoms with Crippen molar-refractivity contribution >= 4 is 29.5 Å². The number of ether oxygens (including phenoxy) is 2. The molecule has 0 saturated heterocycles. The number of carbonyl (C=O) groups is 5. The zero-order valence-corrected chi connectivity index (χ0v) is 30.2. The van der Waals surface area contributed by atoms with Gasteiger partial charge < -0.3 is 40.7 Å². The molecule has 14 heteroatoms. The average molecular weight is 711 g/mol. The maximum Gasteiger partial charge on any atom is 0.257 e. The number of aliphatic hydroxyl groups excluding tert-OH is 1. The second-order valence-electron chi connectivity index (χ2n) is 13.2. The minimum absolute atomic E-state index is 0.0193. The maximum atomic E-state index is 13.3. The van der Waals surface area contributed by atoms with E-state index in [-0.39, 0.29) is 43.2 Å². The number of aliphatic hydroxyl groups is 1. The lowest BCUT2D eigenvalue weighted by Crippen LogP contribution is -2.57. The van der Waals surface area contributed by atoms with Crippen LogP contribution in [-0.4, -0.2) is 103 Å². The molecule has 51 heavy (non-hydrogen) atoms. The fourth-order valence-corrected chi connectivity index (χ4v) is 5.63. The van der Waals surface area contributed by atoms with Crippen LogP contribution in [0.2, 0.25) is 0 Å². The van der Waals surface area contributed by atoms with E-state index in [0.717, 1.165) is 11.1 Å². The SMILES string of the molecule is COc1cc2ccc1OCC(=O)NCCCN(C(=O)CCc1ccncc1)CCCCNC(=O)[C@H]([C@@H](C)O)NC(=O)[C@@H](CC(C)C)NC(=O)CC2. The minimum atomic E-state index is -1.22. The van der Waals surface area contributed by atoms with Gasteiger partial charge in [-0.3, -0.25) is 29.0 Å². The van der Waals surface area contributed by atoms with Gasteiger partial charge in [-0.05, 0) is 86.8 Å². The molecule has 0 spiro atoms. The van der Waals surface area contributed by atoms with Gasteiger partial charge >= 0.3 is 0 Å². The van der Waals surface area contributed by atoms with Crippen LogP contribution in [0, 0.1) is 5.92 Å². The normalized spacial score (nSPS) is 20.0. The van der Waals surface area contributed by atoms with E-state index in [9.17, 15) is 29.1 Å². The van der Waals surface area contributed by atoms with Crippen molar-refractivity contribution < 1.29 is 38.6 Å². The number of rotatable bonds is 7. The summed E-state index contributed by atoms with van der Waals surface area (Å²) in [6.45, 7) is 6.52. The van der Waals surface area contributed by atoms with E-state index in [2.05, 4.69) is 26.3 Å². The second kappa shape index (κ2) is 21.5. The van der Waals surface area contributed by atoms with Crippen molar-refractivity contribution in [2.75, 3.05) is 39.9 Å². The number of hydrogen-bond acceptors (Lipinski definition) is 9. The summed E-state index contributed by atoms with van der Waals surface area (Å²) >= 11 is 0. The van der Waals surface area contributed by atoms with E-state index in [1.54, 1.807) is 35.5 Å². The summed E-state index contributed by atoms with van der Waals surface area (Å²) in [5.41, 5.74) is 1.80. The number of methoxy groups -OCH3 is 1. The molecule has 0 unspecified atom stereocenters. The van der Waals surface area contributed by atoms with Crippen LogP contribution in [-0.2, 0) is 36.8 Å². The summed E-state index contributed by atoms with van der Waals surface area (Å²) < 4.78 is 11.2. The molecule has 0 saturated carbocycles. The Morgan fingerprint density at radius 3 is 2.37 bits per heavy atom. The Hall–Kier alpha value is -4.72. The molecule has 280 valence electrons. The minimum Gasteiger partial charge on any atom is -0.493 e. The van der Waals surface area contributed by atoms with E-state index in [1.807, 2.05) is 26.0 Å². The molecule has 1 aromatic heterocycles. The Morgan fingerprint density at radius 2 is 1.67 bits per heavy atom. The number of nitrogens with zero attached hydrogens (tertiary/aromatic N) is 2. The van der Waals surface area contributed by atoms with Crippen LogP contribution in [0.3, 0.4) is 0 Å². The topological polar surface area (TPSA) is 188 Å². The van der Waals surface area contributed by atoms with Crippen LogP contribution in [0.4, 0.5) is 0 Å². The molecule has 0 radical (unpaired) electrons. The molecule has 2 aliphatic rings. The zero-order valence-electron chi connectivity index (χ0n) is 30.2. The number of benzene rings is 1. The Bertz CT molecular complexity index is 1440. The first-order chi connectivity index (χ1) is 24.5. The van der Waals surface area contributed by atoms with Gasteiger partial charge in [0.1, 0.15) is 12.1 Å². The lowest BCUT2D eigenvalue weighted by atomic mass is 10.0. The third-order valence-electron chi connectivity index (χ3n) is 8.46. The summed E-state index contributed by atoms with van der Waals surface area (Å²) in [5, 5.41) is 21.5. The molecule has 0 fully saturated rings. The number of nitrogens with one attached hydrogen (secondary N) is 4. The number of fused-ring (bicyclic) bond motifs is 23. The molecule has 2 aromatic rings. The van der Waals surface area contributed by atoms with Crippen LogP contribution in [0.15, 0.2) is 42.7 Å². The lowest BCUT2D eigenvalue weighted by Gasteiger charge is -2.26. The van der Waals surface area contributed by atoms with Crippen molar-refractivity contribution in [3.05, 3.63) is 53.9 Å². The molecular weight excluding hydrogens is 656 g/mol. The van der Waals surface area contributed by atoms with Crippen molar-refractivity contribution in [2.24, 2.45) is 5.92 Å². The summed E-state index contributed by atoms with van der Waals surface area (Å²) in [6.07, 6.45) is 5.51.